The Balaban J connectivity index is 0.000000136. The van der Waals surface area contributed by atoms with Gasteiger partial charge in [-0.05, 0) is 29.7 Å². The first-order valence-corrected chi connectivity index (χ1v) is 10.3. The molecule has 1 fully saturated rings. The van der Waals surface area contributed by atoms with Gasteiger partial charge >= 0.3 is 0 Å². The van der Waals surface area contributed by atoms with Crippen molar-refractivity contribution in [3.63, 3.8) is 0 Å². The molecule has 1 aliphatic heterocycles. The van der Waals surface area contributed by atoms with Crippen LogP contribution in [0.5, 0.6) is 0 Å². The number of benzene rings is 2. The first-order chi connectivity index (χ1) is 12.3. The summed E-state index contributed by atoms with van der Waals surface area (Å²) < 4.78 is 3.15. The molecule has 0 radical (unpaired) electrons. The molecule has 0 aliphatic carbocycles. The van der Waals surface area contributed by atoms with Crippen LogP contribution in [0.3, 0.4) is 0 Å². The van der Waals surface area contributed by atoms with Crippen LogP contribution in [0.2, 0.25) is 4.47 Å². The van der Waals surface area contributed by atoms with E-state index in [1.54, 1.807) is 0 Å². The standard InChI is InChI=1S/C12H14N2S.C7H4ClNS/c1-2-4-11-10(3-1)9-12(15-11)14-7-5-13-6-8-14;8-7-9-5-3-1-2-4-6(5)10-7/h1-4,9,13H,5-8H2;1-4H. The fraction of sp³-hybridized carbons (Fsp3) is 0.211. The van der Waals surface area contributed by atoms with Crippen molar-refractivity contribution in [1.29, 1.82) is 0 Å². The predicted octanol–water partition coefficient (Wildman–Crippen LogP) is 5.26. The van der Waals surface area contributed by atoms with Crippen LogP contribution in [-0.2, 0) is 0 Å². The van der Waals surface area contributed by atoms with Gasteiger partial charge in [0.25, 0.3) is 0 Å². The number of aromatic nitrogens is 1. The topological polar surface area (TPSA) is 28.2 Å². The van der Waals surface area contributed by atoms with E-state index in [0.29, 0.717) is 4.47 Å². The third-order valence-electron chi connectivity index (χ3n) is 4.11. The van der Waals surface area contributed by atoms with Crippen LogP contribution in [0.15, 0.2) is 54.6 Å². The minimum absolute atomic E-state index is 0.612. The molecular weight excluding hydrogens is 370 g/mol. The molecule has 1 saturated heterocycles. The molecule has 2 aromatic carbocycles. The number of thiazole rings is 1. The summed E-state index contributed by atoms with van der Waals surface area (Å²) >= 11 is 9.10. The van der Waals surface area contributed by atoms with Crippen molar-refractivity contribution >= 4 is 59.6 Å². The van der Waals surface area contributed by atoms with E-state index in [0.717, 1.165) is 36.4 Å². The lowest BCUT2D eigenvalue weighted by molar-refractivity contribution is 0.592. The minimum atomic E-state index is 0.612. The van der Waals surface area contributed by atoms with Crippen molar-refractivity contribution in [2.24, 2.45) is 0 Å². The molecule has 0 saturated carbocycles. The molecule has 128 valence electrons. The lowest BCUT2D eigenvalue weighted by atomic mass is 10.2. The van der Waals surface area contributed by atoms with E-state index >= 15 is 0 Å². The van der Waals surface area contributed by atoms with Crippen LogP contribution >= 0.6 is 34.3 Å². The molecule has 1 aliphatic rings. The van der Waals surface area contributed by atoms with Gasteiger partial charge in [0.2, 0.25) is 0 Å². The second kappa shape index (κ2) is 7.70. The molecule has 0 amide bonds. The summed E-state index contributed by atoms with van der Waals surface area (Å²) in [4.78, 5) is 6.57. The average molecular weight is 388 g/mol. The van der Waals surface area contributed by atoms with Gasteiger partial charge in [0.1, 0.15) is 0 Å². The third-order valence-corrected chi connectivity index (χ3v) is 6.43. The van der Waals surface area contributed by atoms with Gasteiger partial charge in [0, 0.05) is 30.9 Å². The molecule has 4 aromatic rings. The van der Waals surface area contributed by atoms with Crippen LogP contribution < -0.4 is 10.2 Å². The molecule has 3 heterocycles. The lowest BCUT2D eigenvalue weighted by Gasteiger charge is -2.27. The predicted molar refractivity (Wildman–Crippen MR) is 112 cm³/mol. The van der Waals surface area contributed by atoms with Crippen molar-refractivity contribution in [1.82, 2.24) is 10.3 Å². The number of halogens is 1. The zero-order valence-electron chi connectivity index (χ0n) is 13.6. The second-order valence-corrected chi connectivity index (χ2v) is 8.47. The maximum atomic E-state index is 5.69. The average Bonchev–Trinajstić information content (AvgIpc) is 3.25. The minimum Gasteiger partial charge on any atom is -0.361 e. The van der Waals surface area contributed by atoms with E-state index in [-0.39, 0.29) is 0 Å². The number of nitrogens with zero attached hydrogens (tertiary/aromatic N) is 2. The molecule has 0 bridgehead atoms. The number of anilines is 1. The monoisotopic (exact) mass is 387 g/mol. The van der Waals surface area contributed by atoms with Gasteiger partial charge in [0.15, 0.2) is 4.47 Å². The summed E-state index contributed by atoms with van der Waals surface area (Å²) in [5, 5.41) is 6.17. The Labute approximate surface area is 159 Å². The van der Waals surface area contributed by atoms with Gasteiger partial charge in [0.05, 0.1) is 15.2 Å². The van der Waals surface area contributed by atoms with E-state index in [2.05, 4.69) is 45.5 Å². The molecule has 0 unspecified atom stereocenters. The summed E-state index contributed by atoms with van der Waals surface area (Å²) in [5.41, 5.74) is 0.984. The van der Waals surface area contributed by atoms with Crippen LogP contribution in [0.4, 0.5) is 5.00 Å². The third kappa shape index (κ3) is 3.96. The van der Waals surface area contributed by atoms with Crippen molar-refractivity contribution in [3.05, 3.63) is 59.1 Å². The molecule has 0 atom stereocenters. The first kappa shape index (κ1) is 16.8. The van der Waals surface area contributed by atoms with Crippen LogP contribution in [0, 0.1) is 0 Å². The molecule has 3 nitrogen and oxygen atoms in total. The number of piperazine rings is 1. The summed E-state index contributed by atoms with van der Waals surface area (Å²) in [6.45, 7) is 4.47. The quantitative estimate of drug-likeness (QED) is 0.482. The van der Waals surface area contributed by atoms with E-state index in [9.17, 15) is 0 Å². The normalized spacial score (nSPS) is 14.5. The Morgan fingerprint density at radius 3 is 2.40 bits per heavy atom. The van der Waals surface area contributed by atoms with Crippen molar-refractivity contribution < 1.29 is 0 Å². The molecule has 2 aromatic heterocycles. The van der Waals surface area contributed by atoms with Gasteiger partial charge in [-0.15, -0.1) is 22.7 Å². The Kier molecular flexibility index (Phi) is 5.17. The molecule has 1 N–H and O–H groups in total. The van der Waals surface area contributed by atoms with Crippen molar-refractivity contribution in [2.75, 3.05) is 31.1 Å². The largest absolute Gasteiger partial charge is 0.361 e. The lowest BCUT2D eigenvalue weighted by Crippen LogP contribution is -2.43. The summed E-state index contributed by atoms with van der Waals surface area (Å²) in [6.07, 6.45) is 0. The number of hydrogen-bond acceptors (Lipinski definition) is 5. The maximum absolute atomic E-state index is 5.69. The number of nitrogens with one attached hydrogen (secondary N) is 1. The fourth-order valence-corrected chi connectivity index (χ4v) is 5.00. The SMILES string of the molecule is Clc1nc2ccccc2s1.c1ccc2sc(N3CCNCC3)cc2c1. The molecule has 25 heavy (non-hydrogen) atoms. The molecule has 6 heteroatoms. The molecule has 5 rings (SSSR count). The molecule has 0 spiro atoms. The number of para-hydroxylation sites is 1. The van der Waals surface area contributed by atoms with Gasteiger partial charge in [-0.2, -0.15) is 0 Å². The van der Waals surface area contributed by atoms with Crippen LogP contribution in [0.25, 0.3) is 20.3 Å². The molecular formula is C19H18ClN3S2. The van der Waals surface area contributed by atoms with E-state index in [1.807, 2.05) is 35.6 Å². The highest BCUT2D eigenvalue weighted by Crippen LogP contribution is 2.32. The highest BCUT2D eigenvalue weighted by molar-refractivity contribution is 7.23. The Bertz CT molecular complexity index is 907. The van der Waals surface area contributed by atoms with Crippen molar-refractivity contribution in [2.45, 2.75) is 0 Å². The number of hydrogen-bond donors (Lipinski definition) is 1. The van der Waals surface area contributed by atoms with Crippen LogP contribution in [0.1, 0.15) is 0 Å². The van der Waals surface area contributed by atoms with Gasteiger partial charge in [-0.1, -0.05) is 41.9 Å². The smallest absolute Gasteiger partial charge is 0.184 e. The van der Waals surface area contributed by atoms with Gasteiger partial charge in [-0.3, -0.25) is 0 Å². The Morgan fingerprint density at radius 2 is 1.64 bits per heavy atom. The van der Waals surface area contributed by atoms with E-state index in [1.165, 1.54) is 26.4 Å². The first-order valence-electron chi connectivity index (χ1n) is 8.25. The number of thiophene rings is 1. The second-order valence-electron chi connectivity index (χ2n) is 5.79. The van der Waals surface area contributed by atoms with E-state index in [4.69, 9.17) is 11.6 Å². The summed E-state index contributed by atoms with van der Waals surface area (Å²) in [7, 11) is 0. The number of rotatable bonds is 1. The fourth-order valence-electron chi connectivity index (χ4n) is 2.85. The highest BCUT2D eigenvalue weighted by Gasteiger charge is 2.12. The van der Waals surface area contributed by atoms with Crippen molar-refractivity contribution in [3.8, 4) is 0 Å². The van der Waals surface area contributed by atoms with E-state index < -0.39 is 0 Å². The zero-order chi connectivity index (χ0) is 17.1. The Morgan fingerprint density at radius 1 is 0.920 bits per heavy atom. The maximum Gasteiger partial charge on any atom is 0.184 e. The summed E-state index contributed by atoms with van der Waals surface area (Å²) in [6, 6.07) is 18.8. The number of fused-ring (bicyclic) bond motifs is 2. The van der Waals surface area contributed by atoms with Gasteiger partial charge in [-0.25, -0.2) is 4.98 Å². The highest BCUT2D eigenvalue weighted by atomic mass is 35.5. The van der Waals surface area contributed by atoms with Gasteiger partial charge < -0.3 is 10.2 Å². The summed E-state index contributed by atoms with van der Waals surface area (Å²) in [5.74, 6) is 0. The zero-order valence-corrected chi connectivity index (χ0v) is 16.0. The van der Waals surface area contributed by atoms with Crippen LogP contribution in [-0.4, -0.2) is 31.2 Å². The Hall–Kier alpha value is -1.66.